The topological polar surface area (TPSA) is 128 Å². The number of ether oxygens (including phenoxy) is 1. The van der Waals surface area contributed by atoms with Crippen molar-refractivity contribution in [2.45, 2.75) is 17.7 Å². The third-order valence-corrected chi connectivity index (χ3v) is 4.94. The molecule has 0 aliphatic rings. The third-order valence-electron chi connectivity index (χ3n) is 3.46. The van der Waals surface area contributed by atoms with E-state index in [1.807, 2.05) is 0 Å². The van der Waals surface area contributed by atoms with Gasteiger partial charge in [-0.15, -0.1) is 13.2 Å². The molecule has 0 aliphatic heterocycles. The smallest absolute Gasteiger partial charge is 0.406 e. The Kier molecular flexibility index (Phi) is 6.82. The molecule has 12 heteroatoms. The highest BCUT2D eigenvalue weighted by Gasteiger charge is 2.31. The van der Waals surface area contributed by atoms with Gasteiger partial charge >= 0.3 is 6.36 Å². The van der Waals surface area contributed by atoms with Gasteiger partial charge in [-0.1, -0.05) is 0 Å². The standard InChI is InChI=1S/C17H16F3N3O5S/c18-17(19,20)28-13-5-7-14(8-6-13)29(26,27)22-10-9-15(24)23-12-3-1-11(2-4-12)16(21)25/h1-8,22H,9-10H2,(H2,21,25)(H,23,24). The highest BCUT2D eigenvalue weighted by molar-refractivity contribution is 7.89. The van der Waals surface area contributed by atoms with Crippen LogP contribution in [0.3, 0.4) is 0 Å². The van der Waals surface area contributed by atoms with Crippen LogP contribution in [0.25, 0.3) is 0 Å². The van der Waals surface area contributed by atoms with E-state index in [1.165, 1.54) is 24.3 Å². The van der Waals surface area contributed by atoms with Crippen molar-refractivity contribution in [3.05, 3.63) is 54.1 Å². The van der Waals surface area contributed by atoms with Crippen LogP contribution in [0.1, 0.15) is 16.8 Å². The molecule has 2 aromatic carbocycles. The summed E-state index contributed by atoms with van der Waals surface area (Å²) < 4.78 is 66.4. The van der Waals surface area contributed by atoms with Gasteiger partial charge in [-0.25, -0.2) is 13.1 Å². The first-order chi connectivity index (χ1) is 13.5. The predicted molar refractivity (Wildman–Crippen MR) is 96.5 cm³/mol. The first kappa shape index (κ1) is 22.2. The molecule has 8 nitrogen and oxygen atoms in total. The van der Waals surface area contributed by atoms with Gasteiger partial charge in [-0.05, 0) is 48.5 Å². The minimum Gasteiger partial charge on any atom is -0.406 e. The van der Waals surface area contributed by atoms with Crippen LogP contribution in [0.4, 0.5) is 18.9 Å². The first-order valence-electron chi connectivity index (χ1n) is 8.01. The number of carbonyl (C=O) groups is 2. The number of benzene rings is 2. The van der Waals surface area contributed by atoms with E-state index >= 15 is 0 Å². The summed E-state index contributed by atoms with van der Waals surface area (Å²) in [5.74, 6) is -1.66. The second-order valence-corrected chi connectivity index (χ2v) is 7.42. The average Bonchev–Trinajstić information content (AvgIpc) is 2.61. The van der Waals surface area contributed by atoms with Crippen molar-refractivity contribution in [2.24, 2.45) is 5.73 Å². The molecule has 0 unspecified atom stereocenters. The number of nitrogens with one attached hydrogen (secondary N) is 2. The number of hydrogen-bond acceptors (Lipinski definition) is 5. The van der Waals surface area contributed by atoms with E-state index in [2.05, 4.69) is 14.8 Å². The van der Waals surface area contributed by atoms with Crippen LogP contribution in [0.15, 0.2) is 53.4 Å². The van der Waals surface area contributed by atoms with Gasteiger partial charge in [0.2, 0.25) is 21.8 Å². The van der Waals surface area contributed by atoms with E-state index in [9.17, 15) is 31.2 Å². The van der Waals surface area contributed by atoms with Crippen molar-refractivity contribution in [2.75, 3.05) is 11.9 Å². The zero-order valence-electron chi connectivity index (χ0n) is 14.7. The lowest BCUT2D eigenvalue weighted by atomic mass is 10.2. The maximum absolute atomic E-state index is 12.1. The maximum Gasteiger partial charge on any atom is 0.573 e. The Morgan fingerprint density at radius 3 is 2.10 bits per heavy atom. The van der Waals surface area contributed by atoms with E-state index in [4.69, 9.17) is 5.73 Å². The molecular formula is C17H16F3N3O5S. The second kappa shape index (κ2) is 8.92. The number of rotatable bonds is 8. The number of amides is 2. The predicted octanol–water partition coefficient (Wildman–Crippen LogP) is 1.99. The summed E-state index contributed by atoms with van der Waals surface area (Å²) in [6.45, 7) is -0.242. The second-order valence-electron chi connectivity index (χ2n) is 5.66. The van der Waals surface area contributed by atoms with Crippen LogP contribution < -0.4 is 20.5 Å². The van der Waals surface area contributed by atoms with Crippen LogP contribution in [-0.4, -0.2) is 33.1 Å². The zero-order chi connectivity index (χ0) is 21.7. The molecule has 156 valence electrons. The lowest BCUT2D eigenvalue weighted by molar-refractivity contribution is -0.274. The van der Waals surface area contributed by atoms with Crippen molar-refractivity contribution in [3.63, 3.8) is 0 Å². The fourth-order valence-corrected chi connectivity index (χ4v) is 3.18. The molecule has 0 heterocycles. The van der Waals surface area contributed by atoms with Crippen molar-refractivity contribution < 1.29 is 35.9 Å². The van der Waals surface area contributed by atoms with E-state index in [0.29, 0.717) is 5.69 Å². The molecule has 0 radical (unpaired) electrons. The number of sulfonamides is 1. The number of carbonyl (C=O) groups excluding carboxylic acids is 2. The molecule has 0 spiro atoms. The SMILES string of the molecule is NC(=O)c1ccc(NC(=O)CCNS(=O)(=O)c2ccc(OC(F)(F)F)cc2)cc1. The highest BCUT2D eigenvalue weighted by Crippen LogP contribution is 2.23. The Hall–Kier alpha value is -3.12. The largest absolute Gasteiger partial charge is 0.573 e. The summed E-state index contributed by atoms with van der Waals surface area (Å²) in [6.07, 6.45) is -5.09. The molecule has 0 aliphatic carbocycles. The van der Waals surface area contributed by atoms with Gasteiger partial charge in [0.15, 0.2) is 0 Å². The molecular weight excluding hydrogens is 415 g/mol. The van der Waals surface area contributed by atoms with E-state index in [-0.39, 0.29) is 23.4 Å². The third kappa shape index (κ3) is 7.08. The summed E-state index contributed by atoms with van der Waals surface area (Å²) in [4.78, 5) is 22.6. The van der Waals surface area contributed by atoms with E-state index in [0.717, 1.165) is 24.3 Å². The number of primary amides is 1. The molecule has 0 saturated carbocycles. The molecule has 0 aromatic heterocycles. The highest BCUT2D eigenvalue weighted by atomic mass is 32.2. The van der Waals surface area contributed by atoms with Crippen LogP contribution in [-0.2, 0) is 14.8 Å². The molecule has 2 aromatic rings. The minimum atomic E-state index is -4.88. The monoisotopic (exact) mass is 431 g/mol. The van der Waals surface area contributed by atoms with Gasteiger partial charge in [0.05, 0.1) is 4.90 Å². The summed E-state index contributed by atoms with van der Waals surface area (Å²) >= 11 is 0. The van der Waals surface area contributed by atoms with E-state index in [1.54, 1.807) is 0 Å². The van der Waals surface area contributed by atoms with Crippen LogP contribution >= 0.6 is 0 Å². The Labute approximate surface area is 163 Å². The van der Waals surface area contributed by atoms with Crippen LogP contribution in [0.2, 0.25) is 0 Å². The molecule has 2 amide bonds. The fourth-order valence-electron chi connectivity index (χ4n) is 2.14. The summed E-state index contributed by atoms with van der Waals surface area (Å²) in [6, 6.07) is 9.40. The Morgan fingerprint density at radius 2 is 1.59 bits per heavy atom. The molecule has 0 bridgehead atoms. The lowest BCUT2D eigenvalue weighted by Gasteiger charge is -2.10. The molecule has 0 atom stereocenters. The Balaban J connectivity index is 1.86. The number of nitrogens with two attached hydrogens (primary N) is 1. The van der Waals surface area contributed by atoms with Crippen LogP contribution in [0, 0.1) is 0 Å². The number of anilines is 1. The van der Waals surface area contributed by atoms with Crippen LogP contribution in [0.5, 0.6) is 5.75 Å². The maximum atomic E-state index is 12.1. The van der Waals surface area contributed by atoms with Crippen molar-refractivity contribution in [3.8, 4) is 5.75 Å². The molecule has 0 fully saturated rings. The van der Waals surface area contributed by atoms with E-state index < -0.39 is 33.9 Å². The van der Waals surface area contributed by atoms with Crippen molar-refractivity contribution in [1.29, 1.82) is 0 Å². The molecule has 4 N–H and O–H groups in total. The number of hydrogen-bond donors (Lipinski definition) is 3. The van der Waals surface area contributed by atoms with Gasteiger partial charge < -0.3 is 15.8 Å². The summed E-state index contributed by atoms with van der Waals surface area (Å²) in [5.41, 5.74) is 5.76. The fraction of sp³-hybridized carbons (Fsp3) is 0.176. The molecule has 0 saturated heterocycles. The normalized spacial score (nSPS) is 11.7. The number of halogens is 3. The quantitative estimate of drug-likeness (QED) is 0.589. The Morgan fingerprint density at radius 1 is 1.00 bits per heavy atom. The summed E-state index contributed by atoms with van der Waals surface area (Å²) in [7, 11) is -4.02. The van der Waals surface area contributed by atoms with Gasteiger partial charge in [-0.3, -0.25) is 9.59 Å². The van der Waals surface area contributed by atoms with Crippen molar-refractivity contribution in [1.82, 2.24) is 4.72 Å². The Bertz CT molecular complexity index is 975. The average molecular weight is 431 g/mol. The number of alkyl halides is 3. The zero-order valence-corrected chi connectivity index (χ0v) is 15.5. The van der Waals surface area contributed by atoms with Gasteiger partial charge in [0, 0.05) is 24.2 Å². The summed E-state index contributed by atoms with van der Waals surface area (Å²) in [5, 5.41) is 2.51. The minimum absolute atomic E-state index is 0.202. The van der Waals surface area contributed by atoms with Gasteiger partial charge in [0.25, 0.3) is 0 Å². The molecule has 2 rings (SSSR count). The van der Waals surface area contributed by atoms with Crippen molar-refractivity contribution >= 4 is 27.5 Å². The molecule has 29 heavy (non-hydrogen) atoms. The van der Waals surface area contributed by atoms with Gasteiger partial charge in [-0.2, -0.15) is 0 Å². The first-order valence-corrected chi connectivity index (χ1v) is 9.50. The van der Waals surface area contributed by atoms with Gasteiger partial charge in [0.1, 0.15) is 5.75 Å². The lowest BCUT2D eigenvalue weighted by Crippen LogP contribution is -2.27.